The summed E-state index contributed by atoms with van der Waals surface area (Å²) in [4.78, 5) is 0. The minimum Gasteiger partial charge on any atom is -0.476 e. The van der Waals surface area contributed by atoms with Crippen LogP contribution in [-0.4, -0.2) is 12.2 Å². The fourth-order valence-corrected chi connectivity index (χ4v) is 1.06. The molecule has 12 heavy (non-hydrogen) atoms. The molecule has 1 heterocycles. The molecule has 1 unspecified atom stereocenters. The van der Waals surface area contributed by atoms with Crippen LogP contribution >= 0.6 is 9.24 Å². The SMILES string of the molecule is CO/C(O)=C(\P)[n+]1ccccc1. The Morgan fingerprint density at radius 1 is 1.33 bits per heavy atom. The number of hydrogen-bond donors (Lipinski definition) is 1. The molecule has 1 atom stereocenters. The predicted octanol–water partition coefficient (Wildman–Crippen LogP) is 1.14. The lowest BCUT2D eigenvalue weighted by molar-refractivity contribution is -0.576. The van der Waals surface area contributed by atoms with Gasteiger partial charge in [0.05, 0.1) is 7.11 Å². The first kappa shape index (κ1) is 9.01. The van der Waals surface area contributed by atoms with Crippen molar-refractivity contribution in [2.45, 2.75) is 0 Å². The Bertz CT molecular complexity index is 284. The summed E-state index contributed by atoms with van der Waals surface area (Å²) in [6.45, 7) is 0. The molecule has 3 nitrogen and oxygen atoms in total. The zero-order valence-corrected chi connectivity index (χ0v) is 7.92. The van der Waals surface area contributed by atoms with Crippen molar-refractivity contribution in [3.05, 3.63) is 36.5 Å². The van der Waals surface area contributed by atoms with Crippen LogP contribution in [0, 0.1) is 0 Å². The van der Waals surface area contributed by atoms with Gasteiger partial charge in [0.2, 0.25) is 0 Å². The van der Waals surface area contributed by atoms with Crippen LogP contribution < -0.4 is 4.57 Å². The molecular formula is C8H11NO2P+. The minimum absolute atomic E-state index is 0.101. The van der Waals surface area contributed by atoms with E-state index in [-0.39, 0.29) is 5.95 Å². The molecule has 0 aliphatic carbocycles. The summed E-state index contributed by atoms with van der Waals surface area (Å²) in [7, 11) is 3.82. The highest BCUT2D eigenvalue weighted by Gasteiger charge is 2.09. The van der Waals surface area contributed by atoms with Crippen molar-refractivity contribution in [3.8, 4) is 0 Å². The highest BCUT2D eigenvalue weighted by atomic mass is 31.0. The summed E-state index contributed by atoms with van der Waals surface area (Å²) in [5, 5.41) is 9.20. The number of aromatic nitrogens is 1. The van der Waals surface area contributed by atoms with Crippen molar-refractivity contribution >= 4 is 14.7 Å². The monoisotopic (exact) mass is 184 g/mol. The Hall–Kier alpha value is -1.08. The van der Waals surface area contributed by atoms with Gasteiger partial charge in [0.25, 0.3) is 5.44 Å². The van der Waals surface area contributed by atoms with Crippen molar-refractivity contribution < 1.29 is 14.4 Å². The average Bonchev–Trinajstić information content (AvgIpc) is 2.17. The maximum Gasteiger partial charge on any atom is 0.351 e. The topological polar surface area (TPSA) is 33.3 Å². The summed E-state index contributed by atoms with van der Waals surface area (Å²) >= 11 is 0. The van der Waals surface area contributed by atoms with E-state index < -0.39 is 0 Å². The number of methoxy groups -OCH3 is 1. The molecule has 0 bridgehead atoms. The number of aliphatic hydroxyl groups is 1. The molecule has 1 rings (SSSR count). The maximum atomic E-state index is 9.20. The molecule has 0 aliphatic rings. The molecule has 0 fully saturated rings. The van der Waals surface area contributed by atoms with Crippen LogP contribution in [0.1, 0.15) is 0 Å². The van der Waals surface area contributed by atoms with Crippen LogP contribution in [0.15, 0.2) is 36.5 Å². The van der Waals surface area contributed by atoms with Crippen molar-refractivity contribution in [1.29, 1.82) is 0 Å². The summed E-state index contributed by atoms with van der Waals surface area (Å²) < 4.78 is 6.40. The fourth-order valence-electron chi connectivity index (χ4n) is 0.774. The van der Waals surface area contributed by atoms with E-state index in [0.29, 0.717) is 5.44 Å². The number of nitrogens with zero attached hydrogens (tertiary/aromatic N) is 1. The lowest BCUT2D eigenvalue weighted by atomic mass is 10.5. The van der Waals surface area contributed by atoms with Gasteiger partial charge >= 0.3 is 5.95 Å². The van der Waals surface area contributed by atoms with Crippen LogP contribution in [0.25, 0.3) is 5.44 Å². The Labute approximate surface area is 73.5 Å². The molecule has 0 saturated heterocycles. The van der Waals surface area contributed by atoms with Crippen LogP contribution in [0.5, 0.6) is 0 Å². The lowest BCUT2D eigenvalue weighted by Gasteiger charge is -1.97. The molecule has 0 spiro atoms. The van der Waals surface area contributed by atoms with E-state index in [0.717, 1.165) is 0 Å². The number of pyridine rings is 1. The van der Waals surface area contributed by atoms with Crippen molar-refractivity contribution in [1.82, 2.24) is 0 Å². The van der Waals surface area contributed by atoms with E-state index in [1.807, 2.05) is 30.6 Å². The third kappa shape index (κ3) is 1.95. The van der Waals surface area contributed by atoms with Crippen LogP contribution in [-0.2, 0) is 4.74 Å². The van der Waals surface area contributed by atoms with Gasteiger partial charge in [-0.1, -0.05) is 6.07 Å². The van der Waals surface area contributed by atoms with Gasteiger partial charge in [-0.3, -0.25) is 0 Å². The van der Waals surface area contributed by atoms with Crippen LogP contribution in [0.3, 0.4) is 0 Å². The van der Waals surface area contributed by atoms with Gasteiger partial charge in [-0.05, 0) is 9.24 Å². The number of hydrogen-bond acceptors (Lipinski definition) is 2. The van der Waals surface area contributed by atoms with E-state index in [1.54, 1.807) is 4.57 Å². The standard InChI is InChI=1S/C8H10NO2P/c1-11-8(10)7(12)9-5-3-2-4-6-9/h2-6H,12H2,1H3/p+1/b8-7-. The second-order valence-corrected chi connectivity index (χ2v) is 2.72. The number of ether oxygens (including phenoxy) is 1. The van der Waals surface area contributed by atoms with Crippen LogP contribution in [0.2, 0.25) is 0 Å². The summed E-state index contributed by atoms with van der Waals surface area (Å²) in [5.41, 5.74) is 0.582. The highest BCUT2D eigenvalue weighted by Crippen LogP contribution is 2.08. The van der Waals surface area contributed by atoms with E-state index >= 15 is 0 Å². The van der Waals surface area contributed by atoms with E-state index in [1.165, 1.54) is 7.11 Å². The normalized spacial score (nSPS) is 12.2. The van der Waals surface area contributed by atoms with Crippen molar-refractivity contribution in [2.24, 2.45) is 0 Å². The lowest BCUT2D eigenvalue weighted by Crippen LogP contribution is -2.29. The van der Waals surface area contributed by atoms with Crippen LogP contribution in [0.4, 0.5) is 0 Å². The van der Waals surface area contributed by atoms with Gasteiger partial charge in [0.15, 0.2) is 12.4 Å². The third-order valence-corrected chi connectivity index (χ3v) is 1.95. The maximum absolute atomic E-state index is 9.20. The first-order valence-electron chi connectivity index (χ1n) is 3.45. The first-order chi connectivity index (χ1) is 5.75. The predicted molar refractivity (Wildman–Crippen MR) is 49.2 cm³/mol. The summed E-state index contributed by atoms with van der Waals surface area (Å²) in [5.74, 6) is -0.101. The minimum atomic E-state index is -0.101. The molecule has 0 amide bonds. The fraction of sp³-hybridized carbons (Fsp3) is 0.125. The molecule has 0 saturated carbocycles. The largest absolute Gasteiger partial charge is 0.476 e. The molecule has 64 valence electrons. The highest BCUT2D eigenvalue weighted by molar-refractivity contribution is 7.29. The van der Waals surface area contributed by atoms with Crippen molar-refractivity contribution in [3.63, 3.8) is 0 Å². The zero-order valence-electron chi connectivity index (χ0n) is 6.77. The van der Waals surface area contributed by atoms with Gasteiger partial charge in [-0.15, -0.1) is 0 Å². The summed E-state index contributed by atoms with van der Waals surface area (Å²) in [6, 6.07) is 5.64. The van der Waals surface area contributed by atoms with E-state index in [9.17, 15) is 5.11 Å². The Morgan fingerprint density at radius 2 is 1.92 bits per heavy atom. The Balaban J connectivity index is 3.00. The molecule has 1 aromatic heterocycles. The second kappa shape index (κ2) is 4.07. The number of rotatable bonds is 2. The molecule has 0 radical (unpaired) electrons. The molecule has 0 aliphatic heterocycles. The Kier molecular flexibility index (Phi) is 3.06. The average molecular weight is 184 g/mol. The molecule has 0 aromatic carbocycles. The van der Waals surface area contributed by atoms with E-state index in [4.69, 9.17) is 0 Å². The van der Waals surface area contributed by atoms with E-state index in [2.05, 4.69) is 14.0 Å². The zero-order chi connectivity index (χ0) is 8.97. The molecule has 1 aromatic rings. The van der Waals surface area contributed by atoms with Crippen molar-refractivity contribution in [2.75, 3.05) is 7.11 Å². The molecule has 4 heteroatoms. The third-order valence-electron chi connectivity index (χ3n) is 1.41. The molecule has 1 N–H and O–H groups in total. The second-order valence-electron chi connectivity index (χ2n) is 2.18. The van der Waals surface area contributed by atoms with Gasteiger partial charge < -0.3 is 9.84 Å². The first-order valence-corrected chi connectivity index (χ1v) is 4.03. The van der Waals surface area contributed by atoms with Gasteiger partial charge in [0.1, 0.15) is 0 Å². The quantitative estimate of drug-likeness (QED) is 0.424. The number of aliphatic hydroxyl groups excluding tert-OH is 1. The smallest absolute Gasteiger partial charge is 0.351 e. The molecular weight excluding hydrogens is 173 g/mol. The van der Waals surface area contributed by atoms with Gasteiger partial charge in [-0.2, -0.15) is 4.57 Å². The van der Waals surface area contributed by atoms with Gasteiger partial charge in [-0.25, -0.2) is 0 Å². The van der Waals surface area contributed by atoms with Gasteiger partial charge in [0, 0.05) is 12.1 Å². The Morgan fingerprint density at radius 3 is 2.42 bits per heavy atom. The summed E-state index contributed by atoms with van der Waals surface area (Å²) in [6.07, 6.45) is 3.63.